The Balaban J connectivity index is 2.09. The molecule has 0 aliphatic heterocycles. The Bertz CT molecular complexity index is 823. The van der Waals surface area contributed by atoms with E-state index in [9.17, 15) is 15.0 Å². The van der Waals surface area contributed by atoms with Gasteiger partial charge in [-0.1, -0.05) is 29.8 Å². The molecule has 0 amide bonds. The van der Waals surface area contributed by atoms with E-state index in [0.717, 1.165) is 11.1 Å². The van der Waals surface area contributed by atoms with Gasteiger partial charge in [0.05, 0.1) is 22.3 Å². The van der Waals surface area contributed by atoms with Gasteiger partial charge < -0.3 is 15.2 Å². The number of pyridine rings is 1. The van der Waals surface area contributed by atoms with E-state index in [-0.39, 0.29) is 5.56 Å². The van der Waals surface area contributed by atoms with Crippen molar-refractivity contribution in [3.63, 3.8) is 0 Å². The lowest BCUT2D eigenvalue weighted by molar-refractivity contribution is 0.0698. The topological polar surface area (TPSA) is 86.2 Å². The molecule has 2 heterocycles. The molecule has 1 atom stereocenters. The Labute approximate surface area is 120 Å². The minimum absolute atomic E-state index is 0.141. The highest BCUT2D eigenvalue weighted by molar-refractivity contribution is 6.00. The van der Waals surface area contributed by atoms with Crippen molar-refractivity contribution >= 4 is 17.0 Å². The summed E-state index contributed by atoms with van der Waals surface area (Å²) in [5.74, 6) is -1.03. The van der Waals surface area contributed by atoms with Gasteiger partial charge in [0.1, 0.15) is 6.10 Å². The number of hydrogen-bond acceptors (Lipinski definition) is 3. The lowest BCUT2D eigenvalue weighted by Gasteiger charge is -2.09. The highest BCUT2D eigenvalue weighted by atomic mass is 16.4. The van der Waals surface area contributed by atoms with E-state index in [0.29, 0.717) is 16.7 Å². The quantitative estimate of drug-likeness (QED) is 0.689. The SMILES string of the molecule is Cc1cccc(C(O)c2cc3nccc(C(=O)O)c3[nH]2)c1. The summed E-state index contributed by atoms with van der Waals surface area (Å²) in [7, 11) is 0. The maximum absolute atomic E-state index is 11.2. The lowest BCUT2D eigenvalue weighted by atomic mass is 10.0. The van der Waals surface area contributed by atoms with Crippen LogP contribution in [0.1, 0.15) is 33.3 Å². The van der Waals surface area contributed by atoms with E-state index in [1.54, 1.807) is 6.07 Å². The summed E-state index contributed by atoms with van der Waals surface area (Å²) >= 11 is 0. The third kappa shape index (κ3) is 2.39. The van der Waals surface area contributed by atoms with Gasteiger partial charge in [-0.3, -0.25) is 4.98 Å². The molecular formula is C16H14N2O3. The van der Waals surface area contributed by atoms with Gasteiger partial charge in [0.25, 0.3) is 0 Å². The third-order valence-electron chi connectivity index (χ3n) is 3.42. The summed E-state index contributed by atoms with van der Waals surface area (Å²) in [5, 5.41) is 19.6. The second-order valence-electron chi connectivity index (χ2n) is 4.97. The molecule has 0 saturated heterocycles. The van der Waals surface area contributed by atoms with Crippen LogP contribution in [0, 0.1) is 6.92 Å². The largest absolute Gasteiger partial charge is 0.478 e. The molecule has 3 aromatic rings. The van der Waals surface area contributed by atoms with Crippen LogP contribution < -0.4 is 0 Å². The van der Waals surface area contributed by atoms with Gasteiger partial charge in [-0.15, -0.1) is 0 Å². The first-order valence-electron chi connectivity index (χ1n) is 6.52. The van der Waals surface area contributed by atoms with Crippen molar-refractivity contribution in [3.8, 4) is 0 Å². The van der Waals surface area contributed by atoms with E-state index < -0.39 is 12.1 Å². The number of hydrogen-bond donors (Lipinski definition) is 3. The van der Waals surface area contributed by atoms with Crippen LogP contribution in [0.25, 0.3) is 11.0 Å². The number of carbonyl (C=O) groups is 1. The summed E-state index contributed by atoms with van der Waals surface area (Å²) < 4.78 is 0. The van der Waals surface area contributed by atoms with Crippen LogP contribution in [0.5, 0.6) is 0 Å². The molecule has 21 heavy (non-hydrogen) atoms. The van der Waals surface area contributed by atoms with E-state index >= 15 is 0 Å². The van der Waals surface area contributed by atoms with Crippen LogP contribution >= 0.6 is 0 Å². The van der Waals surface area contributed by atoms with Crippen molar-refractivity contribution in [1.82, 2.24) is 9.97 Å². The monoisotopic (exact) mass is 282 g/mol. The standard InChI is InChI=1S/C16H14N2O3/c1-9-3-2-4-10(7-9)15(19)13-8-12-14(18-13)11(16(20)21)5-6-17-12/h2-8,15,18-19H,1H3,(H,20,21). The lowest BCUT2D eigenvalue weighted by Crippen LogP contribution is -2.01. The zero-order valence-electron chi connectivity index (χ0n) is 11.4. The molecular weight excluding hydrogens is 268 g/mol. The first-order chi connectivity index (χ1) is 10.1. The van der Waals surface area contributed by atoms with Gasteiger partial charge in [0, 0.05) is 6.20 Å². The number of aliphatic hydroxyl groups excluding tert-OH is 1. The van der Waals surface area contributed by atoms with E-state index in [2.05, 4.69) is 9.97 Å². The highest BCUT2D eigenvalue weighted by Crippen LogP contribution is 2.26. The summed E-state index contributed by atoms with van der Waals surface area (Å²) in [6.45, 7) is 1.95. The number of H-pyrrole nitrogens is 1. The fraction of sp³-hybridized carbons (Fsp3) is 0.125. The number of aryl methyl sites for hydroxylation is 1. The minimum atomic E-state index is -1.03. The molecule has 2 aromatic heterocycles. The summed E-state index contributed by atoms with van der Waals surface area (Å²) in [6, 6.07) is 10.7. The number of rotatable bonds is 3. The Morgan fingerprint density at radius 2 is 2.10 bits per heavy atom. The van der Waals surface area contributed by atoms with Crippen molar-refractivity contribution in [2.24, 2.45) is 0 Å². The molecule has 0 spiro atoms. The molecule has 0 bridgehead atoms. The van der Waals surface area contributed by atoms with Crippen LogP contribution in [0.3, 0.4) is 0 Å². The zero-order valence-corrected chi connectivity index (χ0v) is 11.4. The molecule has 0 aliphatic rings. The number of benzene rings is 1. The normalized spacial score (nSPS) is 12.5. The Morgan fingerprint density at radius 3 is 2.81 bits per heavy atom. The number of carboxylic acids is 1. The van der Waals surface area contributed by atoms with Gasteiger partial charge in [-0.25, -0.2) is 4.79 Å². The summed E-state index contributed by atoms with van der Waals surface area (Å²) in [6.07, 6.45) is 0.600. The van der Waals surface area contributed by atoms with Gasteiger partial charge in [-0.2, -0.15) is 0 Å². The van der Waals surface area contributed by atoms with E-state index in [1.807, 2.05) is 31.2 Å². The second kappa shape index (κ2) is 5.03. The molecule has 5 heteroatoms. The second-order valence-corrected chi connectivity index (χ2v) is 4.97. The van der Waals surface area contributed by atoms with Crippen molar-refractivity contribution < 1.29 is 15.0 Å². The zero-order chi connectivity index (χ0) is 15.0. The maximum atomic E-state index is 11.2. The van der Waals surface area contributed by atoms with Crippen LogP contribution in [0.2, 0.25) is 0 Å². The molecule has 106 valence electrons. The van der Waals surface area contributed by atoms with Crippen LogP contribution in [0.4, 0.5) is 0 Å². The molecule has 0 radical (unpaired) electrons. The molecule has 3 N–H and O–H groups in total. The number of fused-ring (bicyclic) bond motifs is 1. The molecule has 0 saturated carbocycles. The minimum Gasteiger partial charge on any atom is -0.478 e. The number of nitrogens with one attached hydrogen (secondary N) is 1. The van der Waals surface area contributed by atoms with Gasteiger partial charge in [0.2, 0.25) is 0 Å². The first-order valence-corrected chi connectivity index (χ1v) is 6.52. The Morgan fingerprint density at radius 1 is 1.29 bits per heavy atom. The fourth-order valence-electron chi connectivity index (χ4n) is 2.39. The summed E-state index contributed by atoms with van der Waals surface area (Å²) in [5.41, 5.74) is 3.41. The van der Waals surface area contributed by atoms with Gasteiger partial charge >= 0.3 is 5.97 Å². The third-order valence-corrected chi connectivity index (χ3v) is 3.42. The molecule has 0 fully saturated rings. The first kappa shape index (κ1) is 13.3. The number of aromatic nitrogens is 2. The van der Waals surface area contributed by atoms with Crippen molar-refractivity contribution in [1.29, 1.82) is 0 Å². The molecule has 5 nitrogen and oxygen atoms in total. The highest BCUT2D eigenvalue weighted by Gasteiger charge is 2.17. The molecule has 0 aliphatic carbocycles. The molecule has 1 aromatic carbocycles. The van der Waals surface area contributed by atoms with E-state index in [4.69, 9.17) is 0 Å². The number of aromatic amines is 1. The van der Waals surface area contributed by atoms with Crippen molar-refractivity contribution in [3.05, 3.63) is 65.0 Å². The Kier molecular flexibility index (Phi) is 3.19. The molecule has 1 unspecified atom stereocenters. The van der Waals surface area contributed by atoms with Crippen molar-refractivity contribution in [2.45, 2.75) is 13.0 Å². The van der Waals surface area contributed by atoms with Crippen LogP contribution in [0.15, 0.2) is 42.6 Å². The predicted molar refractivity (Wildman–Crippen MR) is 78.3 cm³/mol. The van der Waals surface area contributed by atoms with Gasteiger partial charge in [0.15, 0.2) is 0 Å². The number of aromatic carboxylic acids is 1. The fourth-order valence-corrected chi connectivity index (χ4v) is 2.39. The number of carboxylic acid groups (broad SMARTS) is 1. The van der Waals surface area contributed by atoms with Crippen molar-refractivity contribution in [2.75, 3.05) is 0 Å². The van der Waals surface area contributed by atoms with Crippen LogP contribution in [-0.2, 0) is 0 Å². The summed E-state index contributed by atoms with van der Waals surface area (Å²) in [4.78, 5) is 18.3. The van der Waals surface area contributed by atoms with E-state index in [1.165, 1.54) is 12.3 Å². The Hall–Kier alpha value is -2.66. The van der Waals surface area contributed by atoms with Gasteiger partial charge in [-0.05, 0) is 24.6 Å². The molecule has 3 rings (SSSR count). The predicted octanol–water partition coefficient (Wildman–Crippen LogP) is 2.65. The number of aliphatic hydroxyl groups is 1. The number of nitrogens with zero attached hydrogens (tertiary/aromatic N) is 1. The average molecular weight is 282 g/mol. The van der Waals surface area contributed by atoms with Crippen LogP contribution in [-0.4, -0.2) is 26.2 Å². The smallest absolute Gasteiger partial charge is 0.337 e. The average Bonchev–Trinajstić information content (AvgIpc) is 2.89. The maximum Gasteiger partial charge on any atom is 0.337 e.